The number of β-amino-alcohol motifs (C(OH)–C–C–N with tert-alkyl or cyclic N) is 1. The molecule has 0 aliphatic carbocycles. The van der Waals surface area contributed by atoms with Crippen molar-refractivity contribution in [2.24, 2.45) is 0 Å². The van der Waals surface area contributed by atoms with E-state index in [-0.39, 0.29) is 16.9 Å². The molecule has 2 aromatic heterocycles. The number of thiophene rings is 1. The van der Waals surface area contributed by atoms with Crippen LogP contribution in [-0.2, 0) is 10.0 Å². The number of nitrogens with one attached hydrogen (secondary N) is 1. The van der Waals surface area contributed by atoms with Crippen LogP contribution in [-0.4, -0.2) is 61.8 Å². The number of hydrogen-bond donors (Lipinski definition) is 2. The molecule has 0 bridgehead atoms. The van der Waals surface area contributed by atoms with Gasteiger partial charge in [-0.05, 0) is 37.1 Å². The van der Waals surface area contributed by atoms with Crippen LogP contribution in [0, 0.1) is 0 Å². The molecule has 0 amide bonds. The Morgan fingerprint density at radius 1 is 1.24 bits per heavy atom. The number of benzene rings is 1. The van der Waals surface area contributed by atoms with Crippen molar-refractivity contribution in [3.63, 3.8) is 0 Å². The van der Waals surface area contributed by atoms with Crippen molar-refractivity contribution in [1.29, 1.82) is 0 Å². The molecular weight excluding hydrogens is 509 g/mol. The molecule has 4 rings (SSSR count). The van der Waals surface area contributed by atoms with Crippen molar-refractivity contribution < 1.29 is 22.7 Å². The Labute approximate surface area is 206 Å². The fourth-order valence-electron chi connectivity index (χ4n) is 3.53. The lowest BCUT2D eigenvalue weighted by molar-refractivity contribution is 0.0630. The summed E-state index contributed by atoms with van der Waals surface area (Å²) >= 11 is 13.1. The minimum Gasteiger partial charge on any atom is -0.490 e. The van der Waals surface area contributed by atoms with Crippen LogP contribution < -0.4 is 9.46 Å². The number of aromatic nitrogens is 1. The van der Waals surface area contributed by atoms with E-state index in [1.807, 2.05) is 0 Å². The first-order chi connectivity index (χ1) is 15.8. The summed E-state index contributed by atoms with van der Waals surface area (Å²) in [7, 11) is -3.73. The quantitative estimate of drug-likeness (QED) is 0.431. The van der Waals surface area contributed by atoms with Gasteiger partial charge in [-0.25, -0.2) is 18.1 Å². The van der Waals surface area contributed by atoms with Crippen LogP contribution in [0.25, 0.3) is 10.6 Å². The molecule has 1 aromatic carbocycles. The van der Waals surface area contributed by atoms with Crippen molar-refractivity contribution in [2.45, 2.75) is 29.3 Å². The Morgan fingerprint density at radius 3 is 2.73 bits per heavy atom. The summed E-state index contributed by atoms with van der Waals surface area (Å²) in [6.07, 6.45) is 3.61. The maximum absolute atomic E-state index is 12.6. The third-order valence-electron chi connectivity index (χ3n) is 5.23. The topological polar surface area (TPSA) is 105 Å². The Bertz CT molecular complexity index is 1160. The van der Waals surface area contributed by atoms with Crippen LogP contribution in [0.15, 0.2) is 51.5 Å². The Morgan fingerprint density at radius 2 is 2.03 bits per heavy atom. The molecule has 1 saturated heterocycles. The van der Waals surface area contributed by atoms with Gasteiger partial charge in [0.15, 0.2) is 12.2 Å². The fraction of sp³-hybridized carbons (Fsp3) is 0.381. The first kappa shape index (κ1) is 24.5. The van der Waals surface area contributed by atoms with Gasteiger partial charge in [0.05, 0.1) is 27.2 Å². The lowest BCUT2D eigenvalue weighted by atomic mass is 10.1. The maximum atomic E-state index is 12.6. The van der Waals surface area contributed by atoms with Gasteiger partial charge < -0.3 is 19.2 Å². The summed E-state index contributed by atoms with van der Waals surface area (Å²) in [4.78, 5) is 6.60. The lowest BCUT2D eigenvalue weighted by Crippen LogP contribution is -2.44. The van der Waals surface area contributed by atoms with Crippen molar-refractivity contribution in [2.75, 3.05) is 26.2 Å². The molecule has 1 aliphatic heterocycles. The van der Waals surface area contributed by atoms with Gasteiger partial charge in [0.2, 0.25) is 10.0 Å². The summed E-state index contributed by atoms with van der Waals surface area (Å²) < 4.78 is 39.0. The van der Waals surface area contributed by atoms with E-state index in [2.05, 4.69) is 14.6 Å². The van der Waals surface area contributed by atoms with E-state index in [4.69, 9.17) is 32.4 Å². The molecule has 0 spiro atoms. The molecule has 3 aromatic rings. The molecule has 12 heteroatoms. The highest BCUT2D eigenvalue weighted by Crippen LogP contribution is 2.30. The molecule has 0 saturated carbocycles. The normalized spacial score (nSPS) is 16.7. The van der Waals surface area contributed by atoms with Crippen LogP contribution in [0.1, 0.15) is 12.8 Å². The molecule has 3 heterocycles. The maximum Gasteiger partial charge on any atom is 0.250 e. The lowest BCUT2D eigenvalue weighted by Gasteiger charge is -2.33. The third kappa shape index (κ3) is 6.48. The number of hydrogen-bond acceptors (Lipinski definition) is 8. The van der Waals surface area contributed by atoms with Gasteiger partial charge >= 0.3 is 0 Å². The number of rotatable bonds is 9. The van der Waals surface area contributed by atoms with E-state index in [0.717, 1.165) is 37.3 Å². The summed E-state index contributed by atoms with van der Waals surface area (Å²) in [6.45, 7) is 1.77. The molecule has 1 fully saturated rings. The highest BCUT2D eigenvalue weighted by Gasteiger charge is 2.24. The van der Waals surface area contributed by atoms with E-state index in [0.29, 0.717) is 33.0 Å². The van der Waals surface area contributed by atoms with Crippen LogP contribution >= 0.6 is 34.5 Å². The zero-order valence-corrected chi connectivity index (χ0v) is 20.6. The predicted octanol–water partition coefficient (Wildman–Crippen LogP) is 3.89. The van der Waals surface area contributed by atoms with Crippen LogP contribution in [0.5, 0.6) is 5.75 Å². The SMILES string of the molecule is O=S(=O)(NCC(O)CN1CCC(Oc2ccc(Cl)c(Cl)c2)CC1)c1ccc(-c2cnco2)s1. The van der Waals surface area contributed by atoms with Gasteiger partial charge in [0.1, 0.15) is 16.1 Å². The monoisotopic (exact) mass is 531 g/mol. The second-order valence-electron chi connectivity index (χ2n) is 7.68. The van der Waals surface area contributed by atoms with Gasteiger partial charge in [-0.1, -0.05) is 23.2 Å². The van der Waals surface area contributed by atoms with Crippen molar-refractivity contribution in [3.8, 4) is 16.4 Å². The number of ether oxygens (including phenoxy) is 1. The molecular formula is C21H23Cl2N3O5S2. The fourth-order valence-corrected chi connectivity index (χ4v) is 6.19. The van der Waals surface area contributed by atoms with E-state index in [9.17, 15) is 13.5 Å². The molecule has 1 aliphatic rings. The number of sulfonamides is 1. The Kier molecular flexibility index (Phi) is 7.95. The molecule has 33 heavy (non-hydrogen) atoms. The number of likely N-dealkylation sites (tertiary alicyclic amines) is 1. The van der Waals surface area contributed by atoms with Crippen molar-refractivity contribution in [3.05, 3.63) is 53.0 Å². The van der Waals surface area contributed by atoms with Gasteiger partial charge in [-0.2, -0.15) is 0 Å². The highest BCUT2D eigenvalue weighted by molar-refractivity contribution is 7.91. The van der Waals surface area contributed by atoms with Crippen LogP contribution in [0.2, 0.25) is 10.0 Å². The average Bonchev–Trinajstić information content (AvgIpc) is 3.49. The molecule has 2 N–H and O–H groups in total. The molecule has 178 valence electrons. The van der Waals surface area contributed by atoms with Gasteiger partial charge in [0, 0.05) is 32.2 Å². The third-order valence-corrected chi connectivity index (χ3v) is 8.98. The van der Waals surface area contributed by atoms with E-state index >= 15 is 0 Å². The largest absolute Gasteiger partial charge is 0.490 e. The first-order valence-corrected chi connectivity index (χ1v) is 13.4. The van der Waals surface area contributed by atoms with Crippen LogP contribution in [0.4, 0.5) is 0 Å². The average molecular weight is 532 g/mol. The summed E-state index contributed by atoms with van der Waals surface area (Å²) in [6, 6.07) is 8.37. The van der Waals surface area contributed by atoms with Crippen molar-refractivity contribution >= 4 is 44.6 Å². The van der Waals surface area contributed by atoms with Crippen LogP contribution in [0.3, 0.4) is 0 Å². The van der Waals surface area contributed by atoms with E-state index < -0.39 is 16.1 Å². The van der Waals surface area contributed by atoms with Crippen molar-refractivity contribution in [1.82, 2.24) is 14.6 Å². The Balaban J connectivity index is 1.21. The molecule has 8 nitrogen and oxygen atoms in total. The van der Waals surface area contributed by atoms with E-state index in [1.54, 1.807) is 24.3 Å². The number of aliphatic hydroxyl groups excluding tert-OH is 1. The zero-order valence-electron chi connectivity index (χ0n) is 17.5. The Hall–Kier alpha value is -1.66. The molecule has 1 unspecified atom stereocenters. The number of aliphatic hydroxyl groups is 1. The highest BCUT2D eigenvalue weighted by atomic mass is 35.5. The minimum atomic E-state index is -3.73. The standard InChI is InChI=1S/C21H23Cl2N3O5S2/c22-17-2-1-16(9-18(17)23)31-15-5-7-26(8-6-15)12-14(27)10-25-33(28,29)21-4-3-20(32-21)19-11-24-13-30-19/h1-4,9,11,13-15,25,27H,5-8,10,12H2. The molecule has 1 atom stereocenters. The summed E-state index contributed by atoms with van der Waals surface area (Å²) in [5.41, 5.74) is 0. The second kappa shape index (κ2) is 10.7. The predicted molar refractivity (Wildman–Crippen MR) is 128 cm³/mol. The minimum absolute atomic E-state index is 0.0477. The molecule has 0 radical (unpaired) electrons. The first-order valence-electron chi connectivity index (χ1n) is 10.3. The zero-order chi connectivity index (χ0) is 23.4. The number of piperidine rings is 1. The van der Waals surface area contributed by atoms with Gasteiger partial charge in [-0.3, -0.25) is 0 Å². The number of oxazole rings is 1. The number of nitrogens with zero attached hydrogens (tertiary/aromatic N) is 2. The smallest absolute Gasteiger partial charge is 0.250 e. The number of halogens is 2. The second-order valence-corrected chi connectivity index (χ2v) is 11.6. The van der Waals surface area contributed by atoms with E-state index in [1.165, 1.54) is 18.7 Å². The van der Waals surface area contributed by atoms with Gasteiger partial charge in [0.25, 0.3) is 0 Å². The summed E-state index contributed by atoms with van der Waals surface area (Å²) in [5.74, 6) is 1.19. The summed E-state index contributed by atoms with van der Waals surface area (Å²) in [5, 5.41) is 11.3. The van der Waals surface area contributed by atoms with Gasteiger partial charge in [-0.15, -0.1) is 11.3 Å².